The number of nitrogens with one attached hydrogen (secondary N) is 1. The van der Waals surface area contributed by atoms with Gasteiger partial charge in [0.2, 0.25) is 0 Å². The molecule has 1 N–H and O–H groups in total. The first-order valence-corrected chi connectivity index (χ1v) is 7.31. The molecule has 0 saturated heterocycles. The van der Waals surface area contributed by atoms with Gasteiger partial charge < -0.3 is 5.32 Å². The van der Waals surface area contributed by atoms with Crippen LogP contribution in [0.5, 0.6) is 0 Å². The lowest BCUT2D eigenvalue weighted by Gasteiger charge is -2.26. The van der Waals surface area contributed by atoms with Crippen LogP contribution in [0.25, 0.3) is 0 Å². The topological polar surface area (TPSA) is 32.3 Å². The summed E-state index contributed by atoms with van der Waals surface area (Å²) in [5, 5.41) is 3.03. The van der Waals surface area contributed by atoms with Crippen LogP contribution in [0.3, 0.4) is 0 Å². The van der Waals surface area contributed by atoms with Crippen LogP contribution in [0.15, 0.2) is 18.2 Å². The Labute approximate surface area is 122 Å². The number of nitrogens with zero attached hydrogens (tertiary/aromatic N) is 1. The van der Waals surface area contributed by atoms with Crippen molar-refractivity contribution in [2.24, 2.45) is 0 Å². The van der Waals surface area contributed by atoms with Gasteiger partial charge in [-0.25, -0.2) is 4.79 Å². The maximum atomic E-state index is 12.3. The molecule has 1 aromatic rings. The van der Waals surface area contributed by atoms with E-state index in [1.807, 2.05) is 25.7 Å². The summed E-state index contributed by atoms with van der Waals surface area (Å²) in [6.45, 7) is 13.4. The molecule has 0 bridgehead atoms. The molecule has 0 atom stereocenters. The first-order chi connectivity index (χ1) is 9.08. The molecular weight excluding hydrogens is 248 g/mol. The number of urea groups is 1. The van der Waals surface area contributed by atoms with Crippen LogP contribution < -0.4 is 10.2 Å². The first kappa shape index (κ1) is 14.9. The molecule has 110 valence electrons. The molecule has 1 aromatic carbocycles. The number of anilines is 1. The van der Waals surface area contributed by atoms with Crippen molar-refractivity contribution in [1.29, 1.82) is 0 Å². The molecule has 0 saturated carbocycles. The van der Waals surface area contributed by atoms with E-state index in [0.717, 1.165) is 18.7 Å². The quantitative estimate of drug-likeness (QED) is 0.765. The predicted octanol–water partition coefficient (Wildman–Crippen LogP) is 3.85. The van der Waals surface area contributed by atoms with Gasteiger partial charge in [-0.05, 0) is 49.8 Å². The van der Waals surface area contributed by atoms with Gasteiger partial charge in [0.25, 0.3) is 0 Å². The lowest BCUT2D eigenvalue weighted by Crippen LogP contribution is -2.48. The highest BCUT2D eigenvalue weighted by atomic mass is 16.2. The molecule has 0 radical (unpaired) electrons. The number of benzene rings is 1. The highest BCUT2D eigenvalue weighted by molar-refractivity contribution is 5.94. The van der Waals surface area contributed by atoms with E-state index >= 15 is 0 Å². The van der Waals surface area contributed by atoms with Crippen molar-refractivity contribution in [2.45, 2.75) is 58.9 Å². The summed E-state index contributed by atoms with van der Waals surface area (Å²) in [6, 6.07) is 6.48. The summed E-state index contributed by atoms with van der Waals surface area (Å²) in [5.41, 5.74) is 3.61. The third kappa shape index (κ3) is 3.14. The molecule has 1 aliphatic heterocycles. The van der Waals surface area contributed by atoms with Crippen molar-refractivity contribution in [3.63, 3.8) is 0 Å². The maximum Gasteiger partial charge on any atom is 0.322 e. The molecule has 3 nitrogen and oxygen atoms in total. The maximum absolute atomic E-state index is 12.3. The monoisotopic (exact) mass is 274 g/mol. The lowest BCUT2D eigenvalue weighted by molar-refractivity contribution is 0.238. The highest BCUT2D eigenvalue weighted by Gasteiger charge is 2.28. The van der Waals surface area contributed by atoms with E-state index in [-0.39, 0.29) is 17.0 Å². The highest BCUT2D eigenvalue weighted by Crippen LogP contribution is 2.33. The molecule has 0 aliphatic carbocycles. The van der Waals surface area contributed by atoms with Crippen molar-refractivity contribution in [3.05, 3.63) is 29.3 Å². The number of carbonyl (C=O) groups excluding carboxylic acids is 1. The number of amides is 2. The van der Waals surface area contributed by atoms with Crippen molar-refractivity contribution in [3.8, 4) is 0 Å². The standard InChI is InChI=1S/C17H26N2O/c1-16(2,3)13-7-8-14-12(11-13)9-10-19(14)15(20)18-17(4,5)6/h7-8,11H,9-10H2,1-6H3,(H,18,20). The van der Waals surface area contributed by atoms with Crippen molar-refractivity contribution >= 4 is 11.7 Å². The fourth-order valence-electron chi connectivity index (χ4n) is 2.47. The minimum Gasteiger partial charge on any atom is -0.333 e. The summed E-state index contributed by atoms with van der Waals surface area (Å²) in [4.78, 5) is 14.2. The van der Waals surface area contributed by atoms with Crippen LogP contribution in [-0.2, 0) is 11.8 Å². The second kappa shape index (κ2) is 4.80. The third-order valence-electron chi connectivity index (χ3n) is 3.57. The number of rotatable bonds is 0. The Bertz CT molecular complexity index is 521. The van der Waals surface area contributed by atoms with Gasteiger partial charge in [-0.2, -0.15) is 0 Å². The van der Waals surface area contributed by atoms with Gasteiger partial charge in [0.1, 0.15) is 0 Å². The van der Waals surface area contributed by atoms with E-state index in [0.29, 0.717) is 0 Å². The van der Waals surface area contributed by atoms with Gasteiger partial charge in [-0.15, -0.1) is 0 Å². The molecule has 2 rings (SSSR count). The second-order valence-electron chi connectivity index (χ2n) is 7.68. The Morgan fingerprint density at radius 3 is 2.35 bits per heavy atom. The third-order valence-corrected chi connectivity index (χ3v) is 3.57. The lowest BCUT2D eigenvalue weighted by atomic mass is 9.86. The number of fused-ring (bicyclic) bond motifs is 1. The minimum atomic E-state index is -0.203. The van der Waals surface area contributed by atoms with E-state index < -0.39 is 0 Å². The van der Waals surface area contributed by atoms with E-state index in [1.165, 1.54) is 11.1 Å². The van der Waals surface area contributed by atoms with Crippen LogP contribution in [0.4, 0.5) is 10.5 Å². The molecular formula is C17H26N2O. The van der Waals surface area contributed by atoms with Crippen molar-refractivity contribution in [2.75, 3.05) is 11.4 Å². The summed E-state index contributed by atoms with van der Waals surface area (Å²) >= 11 is 0. The van der Waals surface area contributed by atoms with Gasteiger partial charge in [0.15, 0.2) is 0 Å². The van der Waals surface area contributed by atoms with Gasteiger partial charge in [0, 0.05) is 17.8 Å². The summed E-state index contributed by atoms with van der Waals surface area (Å²) < 4.78 is 0. The average Bonchev–Trinajstić information content (AvgIpc) is 2.67. The molecule has 0 aromatic heterocycles. The molecule has 0 fully saturated rings. The van der Waals surface area contributed by atoms with Crippen LogP contribution in [0.2, 0.25) is 0 Å². The number of hydrogen-bond acceptors (Lipinski definition) is 1. The van der Waals surface area contributed by atoms with E-state index in [2.05, 4.69) is 44.3 Å². The normalized spacial score (nSPS) is 15.2. The minimum absolute atomic E-state index is 0.000223. The van der Waals surface area contributed by atoms with Gasteiger partial charge in [-0.1, -0.05) is 32.9 Å². The second-order valence-corrected chi connectivity index (χ2v) is 7.68. The van der Waals surface area contributed by atoms with Gasteiger partial charge in [-0.3, -0.25) is 4.90 Å². The van der Waals surface area contributed by atoms with Crippen molar-refractivity contribution < 1.29 is 4.79 Å². The number of carbonyl (C=O) groups is 1. The zero-order valence-corrected chi connectivity index (χ0v) is 13.5. The predicted molar refractivity (Wildman–Crippen MR) is 84.5 cm³/mol. The Morgan fingerprint density at radius 2 is 1.80 bits per heavy atom. The molecule has 3 heteroatoms. The molecule has 0 unspecified atom stereocenters. The number of hydrogen-bond donors (Lipinski definition) is 1. The van der Waals surface area contributed by atoms with E-state index in [1.54, 1.807) is 0 Å². The molecule has 0 spiro atoms. The van der Waals surface area contributed by atoms with E-state index in [9.17, 15) is 4.79 Å². The van der Waals surface area contributed by atoms with Gasteiger partial charge in [0.05, 0.1) is 0 Å². The zero-order valence-electron chi connectivity index (χ0n) is 13.5. The Hall–Kier alpha value is -1.51. The van der Waals surface area contributed by atoms with Crippen LogP contribution in [0, 0.1) is 0 Å². The van der Waals surface area contributed by atoms with Crippen LogP contribution >= 0.6 is 0 Å². The van der Waals surface area contributed by atoms with Crippen LogP contribution in [-0.4, -0.2) is 18.1 Å². The largest absolute Gasteiger partial charge is 0.333 e. The zero-order chi connectivity index (χ0) is 15.1. The summed E-state index contributed by atoms with van der Waals surface area (Å²) in [5.74, 6) is 0. The Balaban J connectivity index is 2.24. The summed E-state index contributed by atoms with van der Waals surface area (Å²) in [7, 11) is 0. The fourth-order valence-corrected chi connectivity index (χ4v) is 2.47. The van der Waals surface area contributed by atoms with Crippen LogP contribution in [0.1, 0.15) is 52.7 Å². The Kier molecular flexibility index (Phi) is 3.57. The fraction of sp³-hybridized carbons (Fsp3) is 0.588. The molecule has 1 heterocycles. The molecule has 20 heavy (non-hydrogen) atoms. The average molecular weight is 274 g/mol. The molecule has 1 aliphatic rings. The first-order valence-electron chi connectivity index (χ1n) is 7.31. The molecule has 2 amide bonds. The smallest absolute Gasteiger partial charge is 0.322 e. The SMILES string of the molecule is CC(C)(C)NC(=O)N1CCc2cc(C(C)(C)C)ccc21. The summed E-state index contributed by atoms with van der Waals surface area (Å²) in [6.07, 6.45) is 0.941. The van der Waals surface area contributed by atoms with Crippen molar-refractivity contribution in [1.82, 2.24) is 5.32 Å². The van der Waals surface area contributed by atoms with E-state index in [4.69, 9.17) is 0 Å². The Morgan fingerprint density at radius 1 is 1.15 bits per heavy atom. The van der Waals surface area contributed by atoms with Gasteiger partial charge >= 0.3 is 6.03 Å².